The van der Waals surface area contributed by atoms with E-state index in [1.165, 1.54) is 18.3 Å². The van der Waals surface area contributed by atoms with Gasteiger partial charge in [-0.1, -0.05) is 6.92 Å². The average Bonchev–Trinajstić information content (AvgIpc) is 2.29. The average molecular weight is 266 g/mol. The largest absolute Gasteiger partial charge is 0.481 e. The first-order chi connectivity index (χ1) is 7.85. The van der Waals surface area contributed by atoms with Gasteiger partial charge in [0.15, 0.2) is 0 Å². The highest BCUT2D eigenvalue weighted by atomic mass is 32.2. The van der Waals surface area contributed by atoms with Crippen molar-refractivity contribution in [3.63, 3.8) is 0 Å². The molecule has 8 heteroatoms. The van der Waals surface area contributed by atoms with E-state index in [0.717, 1.165) is 4.31 Å². The van der Waals surface area contributed by atoms with Crippen LogP contribution in [0.4, 0.5) is 0 Å². The fourth-order valence-corrected chi connectivity index (χ4v) is 2.95. The number of carboxylic acids is 1. The molecule has 1 fully saturated rings. The second-order valence-electron chi connectivity index (χ2n) is 4.04. The summed E-state index contributed by atoms with van der Waals surface area (Å²) in [5.74, 6) is -1.73. The summed E-state index contributed by atoms with van der Waals surface area (Å²) >= 11 is 0. The predicted octanol–water partition coefficient (Wildman–Crippen LogP) is -0.784. The number of nitrogens with zero attached hydrogens (tertiary/aromatic N) is 2. The van der Waals surface area contributed by atoms with Crippen molar-refractivity contribution in [3.05, 3.63) is 0 Å². The normalized spacial score (nSPS) is 20.4. The third kappa shape index (κ3) is 3.63. The van der Waals surface area contributed by atoms with Crippen LogP contribution in [0.3, 0.4) is 0 Å². The molecule has 17 heavy (non-hydrogen) atoms. The zero-order valence-electron chi connectivity index (χ0n) is 10.00. The van der Waals surface area contributed by atoms with E-state index in [1.54, 1.807) is 0 Å². The zero-order chi connectivity index (χ0) is 13.1. The second-order valence-corrected chi connectivity index (χ2v) is 6.07. The molecule has 0 aromatic rings. The number of aliphatic carboxylic acids is 1. The number of carbonyl (C=O) groups is 1. The number of hydrogen-bond acceptors (Lipinski definition) is 4. The van der Waals surface area contributed by atoms with Gasteiger partial charge in [0.2, 0.25) is 0 Å². The number of ether oxygens (including phenoxy) is 1. The van der Waals surface area contributed by atoms with Gasteiger partial charge in [0.25, 0.3) is 10.2 Å². The summed E-state index contributed by atoms with van der Waals surface area (Å²) in [6.45, 7) is 2.83. The van der Waals surface area contributed by atoms with Gasteiger partial charge in [-0.3, -0.25) is 4.79 Å². The fourth-order valence-electron chi connectivity index (χ4n) is 1.53. The molecular formula is C9H18N2O5S. The summed E-state index contributed by atoms with van der Waals surface area (Å²) < 4.78 is 31.6. The molecule has 0 aromatic carbocycles. The molecule has 1 saturated heterocycles. The van der Waals surface area contributed by atoms with Crippen molar-refractivity contribution in [2.45, 2.75) is 6.92 Å². The Kier molecular flexibility index (Phi) is 4.87. The molecule has 1 aliphatic heterocycles. The molecule has 1 rings (SSSR count). The smallest absolute Gasteiger partial charge is 0.307 e. The van der Waals surface area contributed by atoms with Crippen LogP contribution in [0.1, 0.15) is 6.92 Å². The SMILES string of the molecule is CC(CN(C)S(=O)(=O)N1CCOCC1)C(=O)O. The van der Waals surface area contributed by atoms with Gasteiger partial charge in [0, 0.05) is 26.7 Å². The first-order valence-electron chi connectivity index (χ1n) is 5.37. The lowest BCUT2D eigenvalue weighted by Crippen LogP contribution is -2.48. The van der Waals surface area contributed by atoms with Crippen molar-refractivity contribution < 1.29 is 23.1 Å². The Morgan fingerprint density at radius 2 is 2.00 bits per heavy atom. The van der Waals surface area contributed by atoms with Crippen LogP contribution in [0.2, 0.25) is 0 Å². The minimum atomic E-state index is -3.57. The Morgan fingerprint density at radius 3 is 2.47 bits per heavy atom. The van der Waals surface area contributed by atoms with Gasteiger partial charge in [0.1, 0.15) is 0 Å². The van der Waals surface area contributed by atoms with E-state index in [9.17, 15) is 13.2 Å². The number of rotatable bonds is 5. The molecule has 0 aliphatic carbocycles. The van der Waals surface area contributed by atoms with Crippen LogP contribution in [0, 0.1) is 5.92 Å². The third-order valence-corrected chi connectivity index (χ3v) is 4.60. The molecule has 0 amide bonds. The van der Waals surface area contributed by atoms with Gasteiger partial charge in [-0.15, -0.1) is 0 Å². The Hall–Kier alpha value is -0.700. The van der Waals surface area contributed by atoms with Crippen LogP contribution in [0.25, 0.3) is 0 Å². The standard InChI is InChI=1S/C9H18N2O5S/c1-8(9(12)13)7-10(2)17(14,15)11-3-5-16-6-4-11/h8H,3-7H2,1-2H3,(H,12,13). The lowest BCUT2D eigenvalue weighted by Gasteiger charge is -2.30. The van der Waals surface area contributed by atoms with E-state index in [-0.39, 0.29) is 6.54 Å². The second kappa shape index (κ2) is 5.76. The molecule has 1 aliphatic rings. The molecule has 0 bridgehead atoms. The summed E-state index contributed by atoms with van der Waals surface area (Å²) in [5, 5.41) is 8.75. The van der Waals surface area contributed by atoms with Gasteiger partial charge in [-0.25, -0.2) is 0 Å². The summed E-state index contributed by atoms with van der Waals surface area (Å²) in [6.07, 6.45) is 0. The van der Waals surface area contributed by atoms with E-state index in [4.69, 9.17) is 9.84 Å². The molecule has 1 heterocycles. The topological polar surface area (TPSA) is 87.2 Å². The van der Waals surface area contributed by atoms with Crippen molar-refractivity contribution in [1.82, 2.24) is 8.61 Å². The lowest BCUT2D eigenvalue weighted by atomic mass is 10.2. The van der Waals surface area contributed by atoms with Gasteiger partial charge in [0.05, 0.1) is 19.1 Å². The summed E-state index contributed by atoms with van der Waals surface area (Å²) in [7, 11) is -2.17. The van der Waals surface area contributed by atoms with Gasteiger partial charge >= 0.3 is 5.97 Å². The first-order valence-corrected chi connectivity index (χ1v) is 6.77. The molecule has 0 spiro atoms. The highest BCUT2D eigenvalue weighted by Gasteiger charge is 2.30. The Labute approximate surface area is 101 Å². The van der Waals surface area contributed by atoms with Crippen molar-refractivity contribution in [3.8, 4) is 0 Å². The zero-order valence-corrected chi connectivity index (χ0v) is 10.8. The Balaban J connectivity index is 2.65. The Morgan fingerprint density at radius 1 is 1.47 bits per heavy atom. The molecular weight excluding hydrogens is 248 g/mol. The first kappa shape index (κ1) is 14.4. The summed E-state index contributed by atoms with van der Waals surface area (Å²) in [4.78, 5) is 10.7. The van der Waals surface area contributed by atoms with E-state index in [0.29, 0.717) is 26.3 Å². The number of hydrogen-bond donors (Lipinski definition) is 1. The predicted molar refractivity (Wildman–Crippen MR) is 60.7 cm³/mol. The molecule has 0 aromatic heterocycles. The van der Waals surface area contributed by atoms with Crippen molar-refractivity contribution in [1.29, 1.82) is 0 Å². The highest BCUT2D eigenvalue weighted by molar-refractivity contribution is 7.86. The van der Waals surface area contributed by atoms with Crippen LogP contribution >= 0.6 is 0 Å². The maximum absolute atomic E-state index is 12.0. The van der Waals surface area contributed by atoms with Crippen LogP contribution in [-0.2, 0) is 19.7 Å². The van der Waals surface area contributed by atoms with E-state index < -0.39 is 22.1 Å². The molecule has 100 valence electrons. The highest BCUT2D eigenvalue weighted by Crippen LogP contribution is 2.11. The number of morpholine rings is 1. The van der Waals surface area contributed by atoms with Crippen LogP contribution in [0.15, 0.2) is 0 Å². The minimum Gasteiger partial charge on any atom is -0.481 e. The van der Waals surface area contributed by atoms with Crippen molar-refractivity contribution >= 4 is 16.2 Å². The minimum absolute atomic E-state index is 0.0327. The molecule has 1 unspecified atom stereocenters. The monoisotopic (exact) mass is 266 g/mol. The molecule has 0 saturated carbocycles. The maximum atomic E-state index is 12.0. The molecule has 1 N–H and O–H groups in total. The molecule has 0 radical (unpaired) electrons. The van der Waals surface area contributed by atoms with Crippen molar-refractivity contribution in [2.75, 3.05) is 39.9 Å². The van der Waals surface area contributed by atoms with Crippen molar-refractivity contribution in [2.24, 2.45) is 5.92 Å². The van der Waals surface area contributed by atoms with Crippen LogP contribution in [0.5, 0.6) is 0 Å². The molecule has 1 atom stereocenters. The van der Waals surface area contributed by atoms with E-state index >= 15 is 0 Å². The summed E-state index contributed by atoms with van der Waals surface area (Å²) in [6, 6.07) is 0. The fraction of sp³-hybridized carbons (Fsp3) is 0.889. The van der Waals surface area contributed by atoms with Crippen LogP contribution < -0.4 is 0 Å². The summed E-state index contributed by atoms with van der Waals surface area (Å²) in [5.41, 5.74) is 0. The van der Waals surface area contributed by atoms with Gasteiger partial charge in [-0.2, -0.15) is 17.0 Å². The number of carboxylic acid groups (broad SMARTS) is 1. The van der Waals surface area contributed by atoms with Gasteiger partial charge < -0.3 is 9.84 Å². The Bertz CT molecular complexity index is 364. The third-order valence-electron chi connectivity index (χ3n) is 2.64. The van der Waals surface area contributed by atoms with E-state index in [1.807, 2.05) is 0 Å². The maximum Gasteiger partial charge on any atom is 0.307 e. The quantitative estimate of drug-likeness (QED) is 0.705. The van der Waals surface area contributed by atoms with E-state index in [2.05, 4.69) is 0 Å². The lowest BCUT2D eigenvalue weighted by molar-refractivity contribution is -0.141. The molecule has 7 nitrogen and oxygen atoms in total. The van der Waals surface area contributed by atoms with Crippen LogP contribution in [-0.4, -0.2) is 68.0 Å². The van der Waals surface area contributed by atoms with Gasteiger partial charge in [-0.05, 0) is 0 Å².